The fraction of sp³-hybridized carbons (Fsp3) is 0.345. The van der Waals surface area contributed by atoms with E-state index in [9.17, 15) is 27.9 Å². The van der Waals surface area contributed by atoms with Gasteiger partial charge in [0.05, 0.1) is 18.1 Å². The van der Waals surface area contributed by atoms with Gasteiger partial charge in [-0.05, 0) is 65.8 Å². The quantitative estimate of drug-likeness (QED) is 0.316. The van der Waals surface area contributed by atoms with E-state index in [1.54, 1.807) is 12.3 Å². The molecule has 10 rings (SSSR count). The average Bonchev–Trinajstić information content (AvgIpc) is 3.36. The number of carbonyl (C=O) groups excluding carboxylic acids is 1. The zero-order valence-corrected chi connectivity index (χ0v) is 21.8. The maximum absolute atomic E-state index is 13.1. The summed E-state index contributed by atoms with van der Waals surface area (Å²) in [5.41, 5.74) is 6.63. The van der Waals surface area contributed by atoms with Crippen LogP contribution in [0.4, 0.5) is 24.8 Å². The molecule has 0 atom stereocenters. The largest absolute Gasteiger partial charge is 0.496 e. The maximum Gasteiger partial charge on any atom is 0.416 e. The number of carboxylic acids is 1. The lowest BCUT2D eigenvalue weighted by molar-refractivity contribution is -0.614. The summed E-state index contributed by atoms with van der Waals surface area (Å²) in [5.74, 6) is 1.52. The number of hydrogen-bond donors (Lipinski definition) is 3. The lowest BCUT2D eigenvalue weighted by atomic mass is 8.92. The number of anilines is 2. The number of aliphatic carboxylic acids is 1. The Kier molecular flexibility index (Phi) is 4.01. The number of aromatic nitrogens is 4. The number of carbonyl (C=O) groups is 2. The van der Waals surface area contributed by atoms with Crippen LogP contribution < -0.4 is 15.8 Å². The van der Waals surface area contributed by atoms with Gasteiger partial charge in [0, 0.05) is 35.1 Å². The predicted octanol–water partition coefficient (Wildman–Crippen LogP) is 3.73. The molecule has 6 aliphatic carbocycles. The molecule has 0 bridgehead atoms. The number of nitrogens with zero attached hydrogens (tertiary/aromatic N) is 4. The third kappa shape index (κ3) is 2.24. The lowest BCUT2D eigenvalue weighted by Crippen LogP contribution is -3.12. The lowest BCUT2D eigenvalue weighted by Gasteiger charge is -3.09. The summed E-state index contributed by atoms with van der Waals surface area (Å²) >= 11 is 0. The highest BCUT2D eigenvalue weighted by Gasteiger charge is 3.12. The zero-order chi connectivity index (χ0) is 29.1. The van der Waals surface area contributed by atoms with Crippen molar-refractivity contribution in [3.05, 3.63) is 65.9 Å². The van der Waals surface area contributed by atoms with E-state index >= 15 is 0 Å². The molecular formula is C29H21F3N6O4. The van der Waals surface area contributed by atoms with Crippen LogP contribution in [0.25, 0.3) is 16.8 Å². The molecule has 4 N–H and O–H groups in total. The van der Waals surface area contributed by atoms with Crippen molar-refractivity contribution >= 4 is 29.0 Å². The van der Waals surface area contributed by atoms with Crippen LogP contribution in [0.2, 0.25) is 0 Å². The summed E-state index contributed by atoms with van der Waals surface area (Å²) in [6.07, 6.45) is -0.159. The summed E-state index contributed by atoms with van der Waals surface area (Å²) in [6.45, 7) is 0. The predicted molar refractivity (Wildman–Crippen MR) is 139 cm³/mol. The van der Waals surface area contributed by atoms with Gasteiger partial charge in [-0.2, -0.15) is 13.2 Å². The number of nitrogen functional groups attached to an aromatic ring is 1. The van der Waals surface area contributed by atoms with Crippen molar-refractivity contribution in [3.63, 3.8) is 0 Å². The van der Waals surface area contributed by atoms with E-state index in [-0.39, 0.29) is 40.4 Å². The van der Waals surface area contributed by atoms with Crippen molar-refractivity contribution < 1.29 is 32.6 Å². The first kappa shape index (κ1) is 24.0. The van der Waals surface area contributed by atoms with Gasteiger partial charge in [0.25, 0.3) is 5.91 Å². The minimum absolute atomic E-state index is 0.142. The third-order valence-electron chi connectivity index (χ3n) is 11.0. The van der Waals surface area contributed by atoms with Crippen molar-refractivity contribution in [2.24, 2.45) is 40.9 Å². The molecule has 0 aliphatic heterocycles. The molecule has 0 radical (unpaired) electrons. The molecule has 1 aromatic carbocycles. The molecule has 0 saturated heterocycles. The molecule has 3 heterocycles. The second-order valence-corrected chi connectivity index (χ2v) is 11.9. The van der Waals surface area contributed by atoms with Crippen LogP contribution in [0.15, 0.2) is 48.9 Å². The minimum atomic E-state index is -4.57. The van der Waals surface area contributed by atoms with E-state index in [0.717, 1.165) is 24.2 Å². The Balaban J connectivity index is 1.08. The van der Waals surface area contributed by atoms with Crippen molar-refractivity contribution in [1.29, 1.82) is 0 Å². The van der Waals surface area contributed by atoms with E-state index in [1.807, 2.05) is 10.6 Å². The Morgan fingerprint density at radius 2 is 1.76 bits per heavy atom. The Labute approximate surface area is 234 Å². The third-order valence-corrected chi connectivity index (χ3v) is 11.0. The van der Waals surface area contributed by atoms with Crippen LogP contribution in [0.1, 0.15) is 21.7 Å². The van der Waals surface area contributed by atoms with Crippen molar-refractivity contribution in [1.82, 2.24) is 19.4 Å². The molecule has 6 saturated carbocycles. The van der Waals surface area contributed by atoms with Gasteiger partial charge in [-0.25, -0.2) is 15.0 Å². The standard InChI is InChI=1S/C29H21F3N6O4/c1-42-13-8-10(24(39)36-14-9-11(4-5-34-14)29(30,31)32)2-3-12(13)21-22-23(33)35-6-7-38(22)25(37-21)27-15-18-16(27)20-17(27)19(15)28(18,20)26(40)41/h2-9,15-20H,1H3,(H2,33,35)(H,40,41)(H,34,36,39). The van der Waals surface area contributed by atoms with Crippen LogP contribution in [0, 0.1) is 40.9 Å². The number of amides is 1. The van der Waals surface area contributed by atoms with Gasteiger partial charge in [-0.1, -0.05) is 0 Å². The number of carboxylic acid groups (broad SMARTS) is 1. The van der Waals surface area contributed by atoms with E-state index in [2.05, 4.69) is 15.3 Å². The molecule has 10 nitrogen and oxygen atoms in total. The zero-order valence-electron chi connectivity index (χ0n) is 21.8. The summed E-state index contributed by atoms with van der Waals surface area (Å²) < 4.78 is 46.9. The van der Waals surface area contributed by atoms with E-state index < -0.39 is 29.0 Å². The minimum Gasteiger partial charge on any atom is -0.496 e. The number of methoxy groups -OCH3 is 1. The number of imidazole rings is 1. The maximum atomic E-state index is 13.1. The highest BCUT2D eigenvalue weighted by molar-refractivity contribution is 6.05. The molecular weight excluding hydrogens is 553 g/mol. The molecule has 6 aliphatic rings. The fourth-order valence-electron chi connectivity index (χ4n) is 9.85. The first-order valence-corrected chi connectivity index (χ1v) is 13.5. The molecule has 4 aromatic rings. The highest BCUT2D eigenvalue weighted by Crippen LogP contribution is 3.09. The van der Waals surface area contributed by atoms with Gasteiger partial charge in [-0.3, -0.25) is 14.0 Å². The molecule has 0 spiro atoms. The average molecular weight is 575 g/mol. The number of ether oxygens (including phenoxy) is 1. The Morgan fingerprint density at radius 3 is 2.40 bits per heavy atom. The molecule has 13 heteroatoms. The number of pyridine rings is 1. The summed E-state index contributed by atoms with van der Waals surface area (Å²) in [5, 5.41) is 12.3. The second-order valence-electron chi connectivity index (χ2n) is 11.9. The second kappa shape index (κ2) is 7.02. The van der Waals surface area contributed by atoms with E-state index in [4.69, 9.17) is 15.5 Å². The first-order chi connectivity index (χ1) is 20.1. The van der Waals surface area contributed by atoms with Gasteiger partial charge >= 0.3 is 12.1 Å². The van der Waals surface area contributed by atoms with Gasteiger partial charge in [0.15, 0.2) is 0 Å². The number of rotatable bonds is 6. The normalized spacial score (nSPS) is 33.8. The number of halogens is 3. The van der Waals surface area contributed by atoms with Crippen molar-refractivity contribution in [3.8, 4) is 17.0 Å². The number of hydrogen-bond acceptors (Lipinski definition) is 7. The van der Waals surface area contributed by atoms with E-state index in [1.165, 1.54) is 19.2 Å². The van der Waals surface area contributed by atoms with Crippen LogP contribution >= 0.6 is 0 Å². The Hall–Kier alpha value is -4.68. The van der Waals surface area contributed by atoms with Crippen LogP contribution in [0.5, 0.6) is 5.75 Å². The fourth-order valence-corrected chi connectivity index (χ4v) is 9.85. The number of nitrogens with one attached hydrogen (secondary N) is 1. The summed E-state index contributed by atoms with van der Waals surface area (Å²) in [7, 11) is 1.44. The molecule has 1 amide bonds. The topological polar surface area (TPSA) is 145 Å². The number of alkyl halides is 3. The highest BCUT2D eigenvalue weighted by atomic mass is 19.4. The van der Waals surface area contributed by atoms with Gasteiger partial charge in [0.1, 0.15) is 34.4 Å². The van der Waals surface area contributed by atoms with E-state index in [0.29, 0.717) is 40.3 Å². The van der Waals surface area contributed by atoms with Gasteiger partial charge < -0.3 is 20.9 Å². The van der Waals surface area contributed by atoms with Crippen molar-refractivity contribution in [2.75, 3.05) is 18.2 Å². The Bertz CT molecular complexity index is 1880. The van der Waals surface area contributed by atoms with Crippen molar-refractivity contribution in [2.45, 2.75) is 11.6 Å². The van der Waals surface area contributed by atoms with Gasteiger partial charge in [-0.15, -0.1) is 0 Å². The Morgan fingerprint density at radius 1 is 1.05 bits per heavy atom. The SMILES string of the molecule is COc1cc(C(=O)Nc2cc(C(F)(F)F)ccn2)ccc1-c1nc(C23C4C5C2C2C3C4C52C(=O)O)n2ccnc(N)c12. The molecule has 6 fully saturated rings. The number of benzene rings is 1. The summed E-state index contributed by atoms with van der Waals surface area (Å²) in [4.78, 5) is 38.2. The first-order valence-electron chi connectivity index (χ1n) is 13.5. The molecule has 42 heavy (non-hydrogen) atoms. The molecule has 0 unspecified atom stereocenters. The molecule has 3 aromatic heterocycles. The number of fused-ring (bicyclic) bond motifs is 1. The van der Waals surface area contributed by atoms with Crippen LogP contribution in [0.3, 0.4) is 0 Å². The van der Waals surface area contributed by atoms with Gasteiger partial charge in [0.2, 0.25) is 0 Å². The van der Waals surface area contributed by atoms with Crippen LogP contribution in [-0.2, 0) is 16.4 Å². The monoisotopic (exact) mass is 574 g/mol. The smallest absolute Gasteiger partial charge is 0.416 e. The molecule has 212 valence electrons. The summed E-state index contributed by atoms with van der Waals surface area (Å²) in [6, 6.07) is 6.25. The van der Waals surface area contributed by atoms with Crippen LogP contribution in [-0.4, -0.2) is 43.4 Å². The number of nitrogens with two attached hydrogens (primary N) is 1.